The highest BCUT2D eigenvalue weighted by Gasteiger charge is 2.30. The van der Waals surface area contributed by atoms with E-state index in [-0.39, 0.29) is 0 Å². The van der Waals surface area contributed by atoms with Gasteiger partial charge in [-0.15, -0.1) is 0 Å². The molecule has 0 spiro atoms. The number of hydrogen-bond acceptors (Lipinski definition) is 3. The molecule has 100 valence electrons. The summed E-state index contributed by atoms with van der Waals surface area (Å²) in [5, 5.41) is 0. The Morgan fingerprint density at radius 1 is 1.28 bits per heavy atom. The molecule has 2 aliphatic rings. The fraction of sp³-hybridized carbons (Fsp3) is 0.769. The van der Waals surface area contributed by atoms with Crippen LogP contribution < -0.4 is 0 Å². The predicted molar refractivity (Wildman–Crippen MR) is 70.5 cm³/mol. The number of hydrogen-bond donors (Lipinski definition) is 0. The Bertz CT molecular complexity index is 533. The molecule has 1 fully saturated rings. The van der Waals surface area contributed by atoms with Gasteiger partial charge in [0.25, 0.3) is 0 Å². The average Bonchev–Trinajstić information content (AvgIpc) is 2.74. The smallest absolute Gasteiger partial charge is 0.150 e. The first-order valence-corrected chi connectivity index (χ1v) is 8.65. The van der Waals surface area contributed by atoms with Crippen LogP contribution in [-0.4, -0.2) is 29.5 Å². The molecule has 5 heteroatoms. The molecule has 3 rings (SSSR count). The zero-order chi connectivity index (χ0) is 12.8. The van der Waals surface area contributed by atoms with E-state index in [1.54, 1.807) is 0 Å². The van der Waals surface area contributed by atoms with E-state index in [0.29, 0.717) is 23.5 Å². The Hall–Kier alpha value is -0.840. The Kier molecular flexibility index (Phi) is 2.96. The number of nitrogens with zero attached hydrogens (tertiary/aromatic N) is 2. The van der Waals surface area contributed by atoms with Crippen molar-refractivity contribution >= 4 is 9.84 Å². The van der Waals surface area contributed by atoms with Crippen LogP contribution in [0.25, 0.3) is 0 Å². The summed E-state index contributed by atoms with van der Waals surface area (Å²) in [6.07, 6.45) is 7.04. The van der Waals surface area contributed by atoms with Gasteiger partial charge in [0.15, 0.2) is 0 Å². The van der Waals surface area contributed by atoms with Gasteiger partial charge in [-0.05, 0) is 39.0 Å². The second-order valence-corrected chi connectivity index (χ2v) is 7.95. The van der Waals surface area contributed by atoms with Gasteiger partial charge in [0.1, 0.15) is 15.7 Å². The maximum atomic E-state index is 11.5. The molecular formula is C13H20N2O2S. The number of aryl methyl sites for hydroxylation is 1. The van der Waals surface area contributed by atoms with E-state index in [9.17, 15) is 8.42 Å². The van der Waals surface area contributed by atoms with E-state index < -0.39 is 9.84 Å². The third kappa shape index (κ3) is 2.09. The molecule has 1 aromatic rings. The highest BCUT2D eigenvalue weighted by Crippen LogP contribution is 2.34. The molecule has 0 saturated carbocycles. The molecular weight excluding hydrogens is 248 g/mol. The normalized spacial score (nSPS) is 27.9. The van der Waals surface area contributed by atoms with Gasteiger partial charge in [0.05, 0.1) is 11.5 Å². The van der Waals surface area contributed by atoms with Crippen molar-refractivity contribution in [3.63, 3.8) is 0 Å². The van der Waals surface area contributed by atoms with Crippen LogP contribution in [0, 0.1) is 0 Å². The number of imidazole rings is 1. The lowest BCUT2D eigenvalue weighted by Gasteiger charge is -2.28. The summed E-state index contributed by atoms with van der Waals surface area (Å²) in [6, 6.07) is 0.518. The maximum absolute atomic E-state index is 11.5. The van der Waals surface area contributed by atoms with E-state index in [1.165, 1.54) is 18.5 Å². The second kappa shape index (κ2) is 4.37. The van der Waals surface area contributed by atoms with Crippen molar-refractivity contribution in [2.45, 2.75) is 51.0 Å². The maximum Gasteiger partial charge on any atom is 0.150 e. The van der Waals surface area contributed by atoms with Gasteiger partial charge >= 0.3 is 0 Å². The van der Waals surface area contributed by atoms with Crippen molar-refractivity contribution in [3.8, 4) is 0 Å². The molecule has 0 bridgehead atoms. The number of aromatic nitrogens is 2. The van der Waals surface area contributed by atoms with Crippen molar-refractivity contribution in [2.24, 2.45) is 0 Å². The van der Waals surface area contributed by atoms with Crippen molar-refractivity contribution < 1.29 is 8.42 Å². The van der Waals surface area contributed by atoms with Crippen LogP contribution in [0.2, 0.25) is 0 Å². The lowest BCUT2D eigenvalue weighted by Crippen LogP contribution is -2.26. The van der Waals surface area contributed by atoms with E-state index in [1.807, 2.05) is 6.20 Å². The molecule has 1 atom stereocenters. The summed E-state index contributed by atoms with van der Waals surface area (Å²) < 4.78 is 25.4. The lowest BCUT2D eigenvalue weighted by molar-refractivity contribution is 0.400. The van der Waals surface area contributed by atoms with Crippen molar-refractivity contribution in [3.05, 3.63) is 17.7 Å². The quantitative estimate of drug-likeness (QED) is 0.783. The van der Waals surface area contributed by atoms with E-state index in [0.717, 1.165) is 25.1 Å². The first-order valence-electron chi connectivity index (χ1n) is 6.83. The summed E-state index contributed by atoms with van der Waals surface area (Å²) >= 11 is 0. The van der Waals surface area contributed by atoms with Gasteiger partial charge in [-0.2, -0.15) is 0 Å². The van der Waals surface area contributed by atoms with E-state index >= 15 is 0 Å². The third-order valence-electron chi connectivity index (χ3n) is 4.32. The van der Waals surface area contributed by atoms with Crippen LogP contribution in [-0.2, 0) is 16.3 Å². The Morgan fingerprint density at radius 2 is 2.00 bits per heavy atom. The minimum absolute atomic E-state index is 0.328. The molecule has 0 N–H and O–H groups in total. The number of fused-ring (bicyclic) bond motifs is 1. The van der Waals surface area contributed by atoms with Gasteiger partial charge in [-0.3, -0.25) is 0 Å². The molecule has 0 aliphatic carbocycles. The standard InChI is InChI=1S/C13H20N2O2S/c1-10-3-2-4-12-9-14-13(15(10)12)11-5-7-18(16,17)8-6-11/h9-11H,2-8H2,1H3. The minimum Gasteiger partial charge on any atom is -0.329 e. The SMILES string of the molecule is CC1CCCc2cnc(C3CCS(=O)(=O)CC3)n21. The number of rotatable bonds is 1. The van der Waals surface area contributed by atoms with Gasteiger partial charge in [0, 0.05) is 23.9 Å². The topological polar surface area (TPSA) is 52.0 Å². The molecule has 3 heterocycles. The van der Waals surface area contributed by atoms with Crippen molar-refractivity contribution in [1.29, 1.82) is 0 Å². The highest BCUT2D eigenvalue weighted by molar-refractivity contribution is 7.91. The first-order chi connectivity index (χ1) is 8.57. The van der Waals surface area contributed by atoms with E-state index in [4.69, 9.17) is 0 Å². The minimum atomic E-state index is -2.78. The van der Waals surface area contributed by atoms with Crippen molar-refractivity contribution in [1.82, 2.24) is 9.55 Å². The van der Waals surface area contributed by atoms with Gasteiger partial charge in [-0.25, -0.2) is 13.4 Å². The van der Waals surface area contributed by atoms with Crippen molar-refractivity contribution in [2.75, 3.05) is 11.5 Å². The Morgan fingerprint density at radius 3 is 2.72 bits per heavy atom. The van der Waals surface area contributed by atoms with Gasteiger partial charge in [0.2, 0.25) is 0 Å². The van der Waals surface area contributed by atoms with Crippen LogP contribution >= 0.6 is 0 Å². The van der Waals surface area contributed by atoms with Crippen LogP contribution in [0.4, 0.5) is 0 Å². The summed E-state index contributed by atoms with van der Waals surface area (Å²) in [6.45, 7) is 2.24. The van der Waals surface area contributed by atoms with Gasteiger partial charge in [-0.1, -0.05) is 0 Å². The van der Waals surface area contributed by atoms with Crippen LogP contribution in [0.3, 0.4) is 0 Å². The molecule has 18 heavy (non-hydrogen) atoms. The largest absolute Gasteiger partial charge is 0.329 e. The first kappa shape index (κ1) is 12.2. The van der Waals surface area contributed by atoms with Gasteiger partial charge < -0.3 is 4.57 Å². The molecule has 0 radical (unpaired) electrons. The van der Waals surface area contributed by atoms with Crippen LogP contribution in [0.5, 0.6) is 0 Å². The zero-order valence-electron chi connectivity index (χ0n) is 10.8. The lowest BCUT2D eigenvalue weighted by atomic mass is 9.99. The third-order valence-corrected chi connectivity index (χ3v) is 6.03. The Labute approximate surface area is 108 Å². The predicted octanol–water partition coefficient (Wildman–Crippen LogP) is 2.07. The molecule has 2 aliphatic heterocycles. The van der Waals surface area contributed by atoms with Crippen LogP contribution in [0.1, 0.15) is 56.1 Å². The fourth-order valence-electron chi connectivity index (χ4n) is 3.26. The summed E-state index contributed by atoms with van der Waals surface area (Å²) in [7, 11) is -2.78. The van der Waals surface area contributed by atoms with E-state index in [2.05, 4.69) is 16.5 Å². The summed E-state index contributed by atoms with van der Waals surface area (Å²) in [5.74, 6) is 2.12. The Balaban J connectivity index is 1.88. The molecule has 0 aromatic carbocycles. The summed E-state index contributed by atoms with van der Waals surface area (Å²) in [4.78, 5) is 4.59. The monoisotopic (exact) mass is 268 g/mol. The molecule has 0 amide bonds. The molecule has 1 saturated heterocycles. The fourth-order valence-corrected chi connectivity index (χ4v) is 4.76. The average molecular weight is 268 g/mol. The second-order valence-electron chi connectivity index (χ2n) is 5.65. The molecule has 1 aromatic heterocycles. The summed E-state index contributed by atoms with van der Waals surface area (Å²) in [5.41, 5.74) is 1.33. The zero-order valence-corrected chi connectivity index (χ0v) is 11.6. The highest BCUT2D eigenvalue weighted by atomic mass is 32.2. The van der Waals surface area contributed by atoms with Crippen LogP contribution in [0.15, 0.2) is 6.20 Å². The number of sulfone groups is 1. The molecule has 4 nitrogen and oxygen atoms in total. The molecule has 1 unspecified atom stereocenters.